The Morgan fingerprint density at radius 2 is 1.42 bits per heavy atom. The van der Waals surface area contributed by atoms with Crippen LogP contribution < -0.4 is 14.2 Å². The summed E-state index contributed by atoms with van der Waals surface area (Å²) in [5, 5.41) is 0. The minimum Gasteiger partial charge on any atom is -0.496 e. The van der Waals surface area contributed by atoms with Gasteiger partial charge < -0.3 is 14.2 Å². The highest BCUT2D eigenvalue weighted by atomic mass is 16.5. The first kappa shape index (κ1) is 18.6. The van der Waals surface area contributed by atoms with Crippen molar-refractivity contribution in [2.75, 3.05) is 20.8 Å². The summed E-state index contributed by atoms with van der Waals surface area (Å²) < 4.78 is 16.6. The molecule has 1 aliphatic rings. The van der Waals surface area contributed by atoms with Crippen LogP contribution in [0.1, 0.15) is 68.1 Å². The van der Waals surface area contributed by atoms with Crippen molar-refractivity contribution < 1.29 is 19.0 Å². The van der Waals surface area contributed by atoms with Crippen LogP contribution in [0.15, 0.2) is 12.1 Å². The number of hydrogen-bond acceptors (Lipinski definition) is 4. The summed E-state index contributed by atoms with van der Waals surface area (Å²) >= 11 is 0. The third-order valence-corrected chi connectivity index (χ3v) is 4.85. The Morgan fingerprint density at radius 3 is 1.88 bits per heavy atom. The molecule has 4 nitrogen and oxygen atoms in total. The Bertz CT molecular complexity index is 477. The van der Waals surface area contributed by atoms with E-state index in [9.17, 15) is 4.79 Å². The zero-order valence-electron chi connectivity index (χ0n) is 15.0. The SMILES string of the molecule is COc1cc(OCC2CCCCCCCCC2)cc(OC)c1C=O. The summed E-state index contributed by atoms with van der Waals surface area (Å²) in [4.78, 5) is 11.2. The molecule has 2 rings (SSSR count). The molecular formula is C20H30O4. The van der Waals surface area contributed by atoms with Crippen LogP contribution in [0.3, 0.4) is 0 Å². The first-order valence-electron chi connectivity index (χ1n) is 9.12. The lowest BCUT2D eigenvalue weighted by Gasteiger charge is -2.20. The fraction of sp³-hybridized carbons (Fsp3) is 0.650. The molecule has 0 unspecified atom stereocenters. The molecule has 1 aromatic rings. The van der Waals surface area contributed by atoms with E-state index in [0.717, 1.165) is 6.29 Å². The van der Waals surface area contributed by atoms with E-state index in [0.29, 0.717) is 35.3 Å². The van der Waals surface area contributed by atoms with Crippen molar-refractivity contribution in [1.82, 2.24) is 0 Å². The van der Waals surface area contributed by atoms with Gasteiger partial charge in [-0.05, 0) is 18.8 Å². The summed E-state index contributed by atoms with van der Waals surface area (Å²) in [6, 6.07) is 3.54. The van der Waals surface area contributed by atoms with Gasteiger partial charge in [0.05, 0.1) is 26.4 Å². The molecule has 0 aliphatic heterocycles. The molecule has 0 aromatic heterocycles. The maximum atomic E-state index is 11.2. The second kappa shape index (κ2) is 10.2. The van der Waals surface area contributed by atoms with Crippen molar-refractivity contribution in [3.63, 3.8) is 0 Å². The van der Waals surface area contributed by atoms with Gasteiger partial charge in [0.25, 0.3) is 0 Å². The van der Waals surface area contributed by atoms with Crippen LogP contribution in [-0.2, 0) is 0 Å². The smallest absolute Gasteiger partial charge is 0.157 e. The maximum Gasteiger partial charge on any atom is 0.157 e. The van der Waals surface area contributed by atoms with E-state index in [-0.39, 0.29) is 0 Å². The highest BCUT2D eigenvalue weighted by Crippen LogP contribution is 2.33. The Morgan fingerprint density at radius 1 is 0.917 bits per heavy atom. The summed E-state index contributed by atoms with van der Waals surface area (Å²) in [5.41, 5.74) is 0.422. The van der Waals surface area contributed by atoms with E-state index in [1.165, 1.54) is 57.8 Å². The van der Waals surface area contributed by atoms with E-state index in [2.05, 4.69) is 0 Å². The Kier molecular flexibility index (Phi) is 7.93. The monoisotopic (exact) mass is 334 g/mol. The minimum atomic E-state index is 0.422. The predicted octanol–water partition coefficient (Wildman–Crippen LogP) is 5.04. The predicted molar refractivity (Wildman–Crippen MR) is 95.5 cm³/mol. The Hall–Kier alpha value is -1.71. The van der Waals surface area contributed by atoms with Crippen LogP contribution in [0.4, 0.5) is 0 Å². The van der Waals surface area contributed by atoms with Crippen molar-refractivity contribution >= 4 is 6.29 Å². The first-order chi connectivity index (χ1) is 11.8. The lowest BCUT2D eigenvalue weighted by Crippen LogP contribution is -2.13. The number of aldehydes is 1. The fourth-order valence-electron chi connectivity index (χ4n) is 3.39. The number of benzene rings is 1. The Labute approximate surface area is 145 Å². The van der Waals surface area contributed by atoms with Crippen LogP contribution in [0.2, 0.25) is 0 Å². The molecule has 4 heteroatoms. The van der Waals surface area contributed by atoms with Crippen molar-refractivity contribution in [1.29, 1.82) is 0 Å². The van der Waals surface area contributed by atoms with Crippen LogP contribution in [0.25, 0.3) is 0 Å². The van der Waals surface area contributed by atoms with Gasteiger partial charge in [-0.15, -0.1) is 0 Å². The lowest BCUT2D eigenvalue weighted by atomic mass is 9.93. The van der Waals surface area contributed by atoms with Crippen molar-refractivity contribution in [2.45, 2.75) is 57.8 Å². The molecule has 0 heterocycles. The number of hydrogen-bond donors (Lipinski definition) is 0. The van der Waals surface area contributed by atoms with Gasteiger partial charge in [0.1, 0.15) is 17.2 Å². The largest absolute Gasteiger partial charge is 0.496 e. The average molecular weight is 334 g/mol. The van der Waals surface area contributed by atoms with Gasteiger partial charge in [-0.1, -0.05) is 44.9 Å². The highest BCUT2D eigenvalue weighted by molar-refractivity contribution is 5.84. The zero-order valence-corrected chi connectivity index (χ0v) is 15.0. The molecular weight excluding hydrogens is 304 g/mol. The first-order valence-corrected chi connectivity index (χ1v) is 9.12. The number of carbonyl (C=O) groups excluding carboxylic acids is 1. The van der Waals surface area contributed by atoms with E-state index in [1.807, 2.05) is 0 Å². The van der Waals surface area contributed by atoms with Crippen LogP contribution >= 0.6 is 0 Å². The van der Waals surface area contributed by atoms with Gasteiger partial charge in [0.2, 0.25) is 0 Å². The second-order valence-electron chi connectivity index (χ2n) is 6.59. The topological polar surface area (TPSA) is 44.8 Å². The molecule has 0 radical (unpaired) electrons. The standard InChI is InChI=1S/C20H30O4/c1-22-19-12-17(13-20(23-2)18(19)14-21)24-15-16-10-8-6-4-3-5-7-9-11-16/h12-14,16H,3-11,15H2,1-2H3. The van der Waals surface area contributed by atoms with E-state index >= 15 is 0 Å². The van der Waals surface area contributed by atoms with Gasteiger partial charge in [-0.3, -0.25) is 4.79 Å². The number of methoxy groups -OCH3 is 2. The van der Waals surface area contributed by atoms with Crippen molar-refractivity contribution in [3.05, 3.63) is 17.7 Å². The molecule has 1 aliphatic carbocycles. The summed E-state index contributed by atoms with van der Waals surface area (Å²) in [6.07, 6.45) is 12.6. The molecule has 0 bridgehead atoms. The van der Waals surface area contributed by atoms with E-state index < -0.39 is 0 Å². The number of carbonyl (C=O) groups is 1. The van der Waals surface area contributed by atoms with Gasteiger partial charge >= 0.3 is 0 Å². The average Bonchev–Trinajstić information content (AvgIpc) is 2.63. The molecule has 1 saturated carbocycles. The van der Waals surface area contributed by atoms with Crippen molar-refractivity contribution in [2.24, 2.45) is 5.92 Å². The third kappa shape index (κ3) is 5.43. The molecule has 1 aromatic carbocycles. The highest BCUT2D eigenvalue weighted by Gasteiger charge is 2.15. The third-order valence-electron chi connectivity index (χ3n) is 4.85. The maximum absolute atomic E-state index is 11.2. The van der Waals surface area contributed by atoms with Gasteiger partial charge in [0.15, 0.2) is 6.29 Å². The quantitative estimate of drug-likeness (QED) is 0.684. The molecule has 134 valence electrons. The zero-order chi connectivity index (χ0) is 17.2. The summed E-state index contributed by atoms with van der Waals surface area (Å²) in [6.45, 7) is 0.715. The molecule has 0 saturated heterocycles. The van der Waals surface area contributed by atoms with E-state index in [4.69, 9.17) is 14.2 Å². The normalized spacial score (nSPS) is 17.1. The molecule has 0 amide bonds. The van der Waals surface area contributed by atoms with Crippen LogP contribution in [0.5, 0.6) is 17.2 Å². The molecule has 0 atom stereocenters. The Balaban J connectivity index is 1.99. The fourth-order valence-corrected chi connectivity index (χ4v) is 3.39. The van der Waals surface area contributed by atoms with Gasteiger partial charge in [0, 0.05) is 12.1 Å². The second-order valence-corrected chi connectivity index (χ2v) is 6.59. The minimum absolute atomic E-state index is 0.422. The van der Waals surface area contributed by atoms with E-state index in [1.54, 1.807) is 26.4 Å². The number of ether oxygens (including phenoxy) is 3. The molecule has 24 heavy (non-hydrogen) atoms. The number of rotatable bonds is 6. The molecule has 0 spiro atoms. The summed E-state index contributed by atoms with van der Waals surface area (Å²) in [7, 11) is 3.10. The van der Waals surface area contributed by atoms with Crippen LogP contribution in [0, 0.1) is 5.92 Å². The molecule has 1 fully saturated rings. The molecule has 0 N–H and O–H groups in total. The lowest BCUT2D eigenvalue weighted by molar-refractivity contribution is 0.111. The van der Waals surface area contributed by atoms with Crippen molar-refractivity contribution in [3.8, 4) is 17.2 Å². The van der Waals surface area contributed by atoms with Gasteiger partial charge in [-0.2, -0.15) is 0 Å². The van der Waals surface area contributed by atoms with Gasteiger partial charge in [-0.25, -0.2) is 0 Å². The van der Waals surface area contributed by atoms with Crippen LogP contribution in [-0.4, -0.2) is 27.1 Å². The summed E-state index contributed by atoms with van der Waals surface area (Å²) in [5.74, 6) is 2.29.